The molecule has 1 amide bonds. The zero-order chi connectivity index (χ0) is 26.2. The third kappa shape index (κ3) is 5.99. The number of carbonyl (C=O) groups excluding carboxylic acids is 1. The SMILES string of the molecule is C=CC(=O)Nc1ccc(C(c2ccc(N(CC)CC)cc2C)c2ccc(N(CC)CC)cc2C)cc1. The van der Waals surface area contributed by atoms with Crippen LogP contribution >= 0.6 is 0 Å². The molecule has 0 heterocycles. The van der Waals surface area contributed by atoms with E-state index >= 15 is 0 Å². The summed E-state index contributed by atoms with van der Waals surface area (Å²) in [5.41, 5.74) is 9.64. The number of anilines is 3. The molecule has 0 aliphatic heterocycles. The van der Waals surface area contributed by atoms with Crippen molar-refractivity contribution in [3.05, 3.63) is 101 Å². The molecule has 0 radical (unpaired) electrons. The zero-order valence-electron chi connectivity index (χ0n) is 22.8. The molecule has 0 aromatic heterocycles. The van der Waals surface area contributed by atoms with Crippen LogP contribution in [0.25, 0.3) is 0 Å². The average molecular weight is 484 g/mol. The van der Waals surface area contributed by atoms with Crippen molar-refractivity contribution in [1.29, 1.82) is 0 Å². The highest BCUT2D eigenvalue weighted by atomic mass is 16.1. The highest BCUT2D eigenvalue weighted by molar-refractivity contribution is 5.98. The number of amides is 1. The molecule has 3 aromatic carbocycles. The highest BCUT2D eigenvalue weighted by Crippen LogP contribution is 2.38. The monoisotopic (exact) mass is 483 g/mol. The molecule has 36 heavy (non-hydrogen) atoms. The third-order valence-corrected chi connectivity index (χ3v) is 7.08. The molecule has 4 heteroatoms. The van der Waals surface area contributed by atoms with E-state index < -0.39 is 0 Å². The molecule has 0 unspecified atom stereocenters. The van der Waals surface area contributed by atoms with Gasteiger partial charge in [-0.15, -0.1) is 0 Å². The molecule has 0 atom stereocenters. The molecule has 3 aromatic rings. The van der Waals surface area contributed by atoms with Crippen molar-refractivity contribution in [2.24, 2.45) is 0 Å². The van der Waals surface area contributed by atoms with Crippen molar-refractivity contribution in [3.63, 3.8) is 0 Å². The van der Waals surface area contributed by atoms with Crippen LogP contribution in [0, 0.1) is 13.8 Å². The Morgan fingerprint density at radius 1 is 0.778 bits per heavy atom. The Morgan fingerprint density at radius 2 is 1.22 bits per heavy atom. The molecule has 0 bridgehead atoms. The Labute approximate surface area is 217 Å². The lowest BCUT2D eigenvalue weighted by molar-refractivity contribution is -0.111. The number of nitrogens with one attached hydrogen (secondary N) is 1. The lowest BCUT2D eigenvalue weighted by atomic mass is 9.81. The van der Waals surface area contributed by atoms with E-state index in [-0.39, 0.29) is 11.8 Å². The summed E-state index contributed by atoms with van der Waals surface area (Å²) in [5.74, 6) is -0.115. The van der Waals surface area contributed by atoms with Crippen LogP contribution in [-0.2, 0) is 4.79 Å². The molecule has 4 nitrogen and oxygen atoms in total. The van der Waals surface area contributed by atoms with E-state index in [2.05, 4.69) is 112 Å². The summed E-state index contributed by atoms with van der Waals surface area (Å²) < 4.78 is 0. The van der Waals surface area contributed by atoms with Crippen molar-refractivity contribution < 1.29 is 4.79 Å². The molecule has 0 spiro atoms. The van der Waals surface area contributed by atoms with E-state index in [0.29, 0.717) is 0 Å². The largest absolute Gasteiger partial charge is 0.372 e. The van der Waals surface area contributed by atoms with Gasteiger partial charge in [-0.25, -0.2) is 0 Å². The van der Waals surface area contributed by atoms with Crippen LogP contribution in [0.15, 0.2) is 73.3 Å². The zero-order valence-corrected chi connectivity index (χ0v) is 22.8. The first-order chi connectivity index (χ1) is 17.4. The Kier molecular flexibility index (Phi) is 9.35. The normalized spacial score (nSPS) is 10.9. The predicted octanol–water partition coefficient (Wildman–Crippen LogP) is 7.30. The van der Waals surface area contributed by atoms with Gasteiger partial charge < -0.3 is 15.1 Å². The van der Waals surface area contributed by atoms with Gasteiger partial charge in [0.25, 0.3) is 0 Å². The molecule has 0 saturated heterocycles. The van der Waals surface area contributed by atoms with E-state index in [0.717, 1.165) is 31.9 Å². The Bertz CT molecular complexity index is 1110. The Balaban J connectivity index is 2.12. The molecule has 0 aliphatic rings. The second-order valence-electron chi connectivity index (χ2n) is 9.17. The van der Waals surface area contributed by atoms with Gasteiger partial charge in [-0.3, -0.25) is 4.79 Å². The maximum Gasteiger partial charge on any atom is 0.247 e. The minimum Gasteiger partial charge on any atom is -0.372 e. The van der Waals surface area contributed by atoms with Gasteiger partial charge in [0.05, 0.1) is 0 Å². The fourth-order valence-electron chi connectivity index (χ4n) is 5.02. The molecular weight excluding hydrogens is 442 g/mol. The lowest BCUT2D eigenvalue weighted by Gasteiger charge is -2.27. The second kappa shape index (κ2) is 12.4. The summed E-state index contributed by atoms with van der Waals surface area (Å²) in [6.45, 7) is 20.7. The fraction of sp³-hybridized carbons (Fsp3) is 0.344. The fourth-order valence-corrected chi connectivity index (χ4v) is 5.02. The summed E-state index contributed by atoms with van der Waals surface area (Å²) in [7, 11) is 0. The van der Waals surface area contributed by atoms with Gasteiger partial charge in [0, 0.05) is 49.2 Å². The van der Waals surface area contributed by atoms with Crippen molar-refractivity contribution >= 4 is 23.0 Å². The molecule has 0 saturated carbocycles. The summed E-state index contributed by atoms with van der Waals surface area (Å²) in [5, 5.41) is 2.86. The smallest absolute Gasteiger partial charge is 0.247 e. The first-order valence-corrected chi connectivity index (χ1v) is 13.1. The standard InChI is InChI=1S/C32H41N3O/c1-8-31(36)33-26-15-13-25(14-16-26)32(29-19-17-27(21-23(29)6)34(9-2)10-3)30-20-18-28(22-24(30)7)35(11-4)12-5/h8,13-22,32H,1,9-12H2,2-7H3,(H,33,36). The molecular formula is C32H41N3O. The second-order valence-corrected chi connectivity index (χ2v) is 9.17. The van der Waals surface area contributed by atoms with Crippen LogP contribution in [0.1, 0.15) is 61.4 Å². The average Bonchev–Trinajstić information content (AvgIpc) is 2.88. The van der Waals surface area contributed by atoms with Crippen LogP contribution < -0.4 is 15.1 Å². The van der Waals surface area contributed by atoms with E-state index in [9.17, 15) is 4.79 Å². The summed E-state index contributed by atoms with van der Waals surface area (Å²) in [6, 6.07) is 21.9. The molecule has 1 N–H and O–H groups in total. The van der Waals surface area contributed by atoms with E-state index in [4.69, 9.17) is 0 Å². The van der Waals surface area contributed by atoms with E-state index in [1.165, 1.54) is 45.3 Å². The van der Waals surface area contributed by atoms with Crippen LogP contribution in [0.4, 0.5) is 17.1 Å². The predicted molar refractivity (Wildman–Crippen MR) is 156 cm³/mol. The summed E-state index contributed by atoms with van der Waals surface area (Å²) >= 11 is 0. The first-order valence-electron chi connectivity index (χ1n) is 13.1. The van der Waals surface area contributed by atoms with Crippen LogP contribution in [0.2, 0.25) is 0 Å². The van der Waals surface area contributed by atoms with Gasteiger partial charge in [0.1, 0.15) is 0 Å². The third-order valence-electron chi connectivity index (χ3n) is 7.08. The maximum atomic E-state index is 11.8. The molecule has 0 fully saturated rings. The Hall–Kier alpha value is -3.53. The van der Waals surface area contributed by atoms with Gasteiger partial charge in [-0.05, 0) is 112 Å². The topological polar surface area (TPSA) is 35.6 Å². The summed E-state index contributed by atoms with van der Waals surface area (Å²) in [6.07, 6.45) is 1.29. The Morgan fingerprint density at radius 3 is 1.58 bits per heavy atom. The number of aryl methyl sites for hydroxylation is 2. The van der Waals surface area contributed by atoms with Crippen molar-refractivity contribution in [2.45, 2.75) is 47.5 Å². The summed E-state index contributed by atoms with van der Waals surface area (Å²) in [4.78, 5) is 16.5. The van der Waals surface area contributed by atoms with Gasteiger partial charge in [-0.1, -0.05) is 30.8 Å². The van der Waals surface area contributed by atoms with Crippen molar-refractivity contribution in [1.82, 2.24) is 0 Å². The first kappa shape index (κ1) is 27.1. The number of carbonyl (C=O) groups is 1. The highest BCUT2D eigenvalue weighted by Gasteiger charge is 2.22. The molecule has 190 valence electrons. The van der Waals surface area contributed by atoms with Gasteiger partial charge in [0.2, 0.25) is 5.91 Å². The van der Waals surface area contributed by atoms with Gasteiger partial charge >= 0.3 is 0 Å². The number of rotatable bonds is 11. The minimum absolute atomic E-state index is 0.0886. The molecule has 0 aliphatic carbocycles. The molecule has 3 rings (SSSR count). The van der Waals surface area contributed by atoms with Crippen molar-refractivity contribution in [3.8, 4) is 0 Å². The van der Waals surface area contributed by atoms with Crippen LogP contribution in [0.5, 0.6) is 0 Å². The maximum absolute atomic E-state index is 11.8. The van der Waals surface area contributed by atoms with Gasteiger partial charge in [0.15, 0.2) is 0 Å². The van der Waals surface area contributed by atoms with Crippen molar-refractivity contribution in [2.75, 3.05) is 41.3 Å². The minimum atomic E-state index is -0.204. The van der Waals surface area contributed by atoms with Crippen LogP contribution in [-0.4, -0.2) is 32.1 Å². The quantitative estimate of drug-likeness (QED) is 0.230. The number of benzene rings is 3. The van der Waals surface area contributed by atoms with E-state index in [1.54, 1.807) is 0 Å². The number of hydrogen-bond donors (Lipinski definition) is 1. The lowest BCUT2D eigenvalue weighted by Crippen LogP contribution is -2.22. The number of nitrogens with zero attached hydrogens (tertiary/aromatic N) is 2. The van der Waals surface area contributed by atoms with Gasteiger partial charge in [-0.2, -0.15) is 0 Å². The van der Waals surface area contributed by atoms with E-state index in [1.807, 2.05) is 12.1 Å². The van der Waals surface area contributed by atoms with Crippen LogP contribution in [0.3, 0.4) is 0 Å². The number of hydrogen-bond acceptors (Lipinski definition) is 3.